The van der Waals surface area contributed by atoms with Crippen molar-refractivity contribution in [3.05, 3.63) is 59.2 Å². The van der Waals surface area contributed by atoms with Crippen LogP contribution in [0.4, 0.5) is 0 Å². The molecule has 0 bridgehead atoms. The molecule has 0 unspecified atom stereocenters. The highest BCUT2D eigenvalue weighted by molar-refractivity contribution is 5.82. The van der Waals surface area contributed by atoms with E-state index in [1.54, 1.807) is 13.3 Å². The molecule has 2 aromatic carbocycles. The van der Waals surface area contributed by atoms with Gasteiger partial charge in [0.1, 0.15) is 18.1 Å². The second kappa shape index (κ2) is 8.38. The summed E-state index contributed by atoms with van der Waals surface area (Å²) in [6, 6.07) is 13.8. The number of methoxy groups -OCH3 is 1. The SMILES string of the molecule is COc1ccc(C=NN=C(N)N)cc1COc1ccc(C(C)(C)C)cc1. The molecule has 0 atom stereocenters. The maximum atomic E-state index is 5.91. The van der Waals surface area contributed by atoms with Gasteiger partial charge in [0.2, 0.25) is 5.96 Å². The van der Waals surface area contributed by atoms with Crippen molar-refractivity contribution in [3.8, 4) is 11.5 Å². The predicted molar refractivity (Wildman–Crippen MR) is 106 cm³/mol. The van der Waals surface area contributed by atoms with Crippen molar-refractivity contribution >= 4 is 12.2 Å². The highest BCUT2D eigenvalue weighted by atomic mass is 16.5. The normalized spacial score (nSPS) is 11.4. The van der Waals surface area contributed by atoms with Gasteiger partial charge < -0.3 is 20.9 Å². The van der Waals surface area contributed by atoms with E-state index in [0.717, 1.165) is 22.6 Å². The molecule has 0 aromatic heterocycles. The molecule has 6 nitrogen and oxygen atoms in total. The highest BCUT2D eigenvalue weighted by Gasteiger charge is 2.13. The molecule has 0 radical (unpaired) electrons. The van der Waals surface area contributed by atoms with Gasteiger partial charge in [-0.05, 0) is 46.9 Å². The van der Waals surface area contributed by atoms with Gasteiger partial charge >= 0.3 is 0 Å². The van der Waals surface area contributed by atoms with Crippen molar-refractivity contribution < 1.29 is 9.47 Å². The highest BCUT2D eigenvalue weighted by Crippen LogP contribution is 2.26. The van der Waals surface area contributed by atoms with Crippen LogP contribution in [0.15, 0.2) is 52.7 Å². The fraction of sp³-hybridized carbons (Fsp3) is 0.300. The number of benzene rings is 2. The number of hydrogen-bond acceptors (Lipinski definition) is 4. The van der Waals surface area contributed by atoms with E-state index in [2.05, 4.69) is 43.1 Å². The molecule has 26 heavy (non-hydrogen) atoms. The Labute approximate surface area is 154 Å². The van der Waals surface area contributed by atoms with Crippen molar-refractivity contribution in [2.24, 2.45) is 21.7 Å². The maximum absolute atomic E-state index is 5.91. The van der Waals surface area contributed by atoms with Crippen molar-refractivity contribution in [2.45, 2.75) is 32.8 Å². The molecular weight excluding hydrogens is 328 g/mol. The van der Waals surface area contributed by atoms with Gasteiger partial charge in [-0.2, -0.15) is 5.10 Å². The number of guanidine groups is 1. The number of rotatable bonds is 6. The van der Waals surface area contributed by atoms with E-state index in [1.807, 2.05) is 30.3 Å². The minimum Gasteiger partial charge on any atom is -0.496 e. The van der Waals surface area contributed by atoms with Gasteiger partial charge in [0.25, 0.3) is 0 Å². The Morgan fingerprint density at radius 1 is 1.08 bits per heavy atom. The largest absolute Gasteiger partial charge is 0.496 e. The predicted octanol–water partition coefficient (Wildman–Crippen LogP) is 3.18. The topological polar surface area (TPSA) is 95.2 Å². The smallest absolute Gasteiger partial charge is 0.211 e. The van der Waals surface area contributed by atoms with E-state index >= 15 is 0 Å². The average Bonchev–Trinajstić information content (AvgIpc) is 2.59. The molecule has 6 heteroatoms. The Morgan fingerprint density at radius 3 is 2.35 bits per heavy atom. The Kier molecular flexibility index (Phi) is 6.22. The molecule has 2 rings (SSSR count). The van der Waals surface area contributed by atoms with Crippen molar-refractivity contribution in [1.82, 2.24) is 0 Å². The molecule has 0 amide bonds. The molecule has 0 fully saturated rings. The third-order valence-electron chi connectivity index (χ3n) is 3.80. The van der Waals surface area contributed by atoms with Crippen LogP contribution in [-0.2, 0) is 12.0 Å². The lowest BCUT2D eigenvalue weighted by molar-refractivity contribution is 0.296. The summed E-state index contributed by atoms with van der Waals surface area (Å²) in [5.74, 6) is 1.46. The Hall–Kier alpha value is -3.02. The summed E-state index contributed by atoms with van der Waals surface area (Å²) >= 11 is 0. The summed E-state index contributed by atoms with van der Waals surface area (Å²) in [6.45, 7) is 6.93. The van der Waals surface area contributed by atoms with Gasteiger partial charge in [-0.15, -0.1) is 5.10 Å². The summed E-state index contributed by atoms with van der Waals surface area (Å²) in [6.07, 6.45) is 1.57. The first-order valence-electron chi connectivity index (χ1n) is 8.32. The summed E-state index contributed by atoms with van der Waals surface area (Å²) in [4.78, 5) is 0. The summed E-state index contributed by atoms with van der Waals surface area (Å²) < 4.78 is 11.3. The first-order chi connectivity index (χ1) is 12.3. The molecule has 0 spiro atoms. The van der Waals surface area contributed by atoms with Crippen molar-refractivity contribution in [1.29, 1.82) is 0 Å². The lowest BCUT2D eigenvalue weighted by Crippen LogP contribution is -2.21. The van der Waals surface area contributed by atoms with Crippen LogP contribution in [0.1, 0.15) is 37.5 Å². The number of ether oxygens (including phenoxy) is 2. The van der Waals surface area contributed by atoms with E-state index in [9.17, 15) is 0 Å². The molecule has 0 saturated carbocycles. The number of hydrogen-bond donors (Lipinski definition) is 2. The van der Waals surface area contributed by atoms with Gasteiger partial charge in [-0.25, -0.2) is 0 Å². The molecule has 0 aliphatic heterocycles. The van der Waals surface area contributed by atoms with Crippen LogP contribution in [0.2, 0.25) is 0 Å². The average molecular weight is 354 g/mol. The lowest BCUT2D eigenvalue weighted by atomic mass is 9.87. The molecule has 0 heterocycles. The molecular formula is C20H26N4O2. The summed E-state index contributed by atoms with van der Waals surface area (Å²) in [7, 11) is 1.63. The summed E-state index contributed by atoms with van der Waals surface area (Å²) in [5, 5.41) is 7.41. The number of nitrogens with zero attached hydrogens (tertiary/aromatic N) is 2. The Bertz CT molecular complexity index is 786. The third kappa shape index (κ3) is 5.51. The molecule has 2 aromatic rings. The fourth-order valence-corrected chi connectivity index (χ4v) is 2.37. The second-order valence-corrected chi connectivity index (χ2v) is 6.90. The van der Waals surface area contributed by atoms with E-state index in [-0.39, 0.29) is 11.4 Å². The minimum absolute atomic E-state index is 0.0861. The molecule has 0 saturated heterocycles. The second-order valence-electron chi connectivity index (χ2n) is 6.90. The quantitative estimate of drug-likeness (QED) is 0.473. The molecule has 4 N–H and O–H groups in total. The zero-order valence-corrected chi connectivity index (χ0v) is 15.7. The van der Waals surface area contributed by atoms with Crippen molar-refractivity contribution in [2.75, 3.05) is 7.11 Å². The van der Waals surface area contributed by atoms with Crippen molar-refractivity contribution in [3.63, 3.8) is 0 Å². The Morgan fingerprint density at radius 2 is 1.77 bits per heavy atom. The monoisotopic (exact) mass is 354 g/mol. The maximum Gasteiger partial charge on any atom is 0.211 e. The van der Waals surface area contributed by atoms with Crippen LogP contribution < -0.4 is 20.9 Å². The van der Waals surface area contributed by atoms with Crippen LogP contribution >= 0.6 is 0 Å². The van der Waals surface area contributed by atoms with Crippen LogP contribution in [-0.4, -0.2) is 19.3 Å². The zero-order valence-electron chi connectivity index (χ0n) is 15.7. The summed E-state index contributed by atoms with van der Waals surface area (Å²) in [5.41, 5.74) is 13.6. The lowest BCUT2D eigenvalue weighted by Gasteiger charge is -2.19. The third-order valence-corrected chi connectivity index (χ3v) is 3.80. The van der Waals surface area contributed by atoms with Crippen LogP contribution in [0, 0.1) is 0 Å². The molecule has 0 aliphatic carbocycles. The van der Waals surface area contributed by atoms with E-state index < -0.39 is 0 Å². The first-order valence-corrected chi connectivity index (χ1v) is 8.32. The molecule has 0 aliphatic rings. The van der Waals surface area contributed by atoms with E-state index in [1.165, 1.54) is 5.56 Å². The standard InChI is InChI=1S/C20H26N4O2/c1-20(2,3)16-6-8-17(9-7-16)26-13-15-11-14(5-10-18(15)25-4)12-23-24-19(21)22/h5-12H,13H2,1-4H3,(H4,21,22,24). The minimum atomic E-state index is -0.0861. The number of nitrogens with two attached hydrogens (primary N) is 2. The fourth-order valence-electron chi connectivity index (χ4n) is 2.37. The van der Waals surface area contributed by atoms with Gasteiger partial charge in [-0.1, -0.05) is 32.9 Å². The molecule has 138 valence electrons. The van der Waals surface area contributed by atoms with Crippen LogP contribution in [0.25, 0.3) is 0 Å². The Balaban J connectivity index is 2.12. The zero-order chi connectivity index (χ0) is 19.2. The van der Waals surface area contributed by atoms with Gasteiger partial charge in [0.15, 0.2) is 0 Å². The van der Waals surface area contributed by atoms with Crippen LogP contribution in [0.3, 0.4) is 0 Å². The van der Waals surface area contributed by atoms with Gasteiger partial charge in [0.05, 0.1) is 13.3 Å². The van der Waals surface area contributed by atoms with Crippen LogP contribution in [0.5, 0.6) is 11.5 Å². The van der Waals surface area contributed by atoms with E-state index in [4.69, 9.17) is 20.9 Å². The first kappa shape index (κ1) is 19.3. The van der Waals surface area contributed by atoms with Gasteiger partial charge in [0, 0.05) is 5.56 Å². The van der Waals surface area contributed by atoms with E-state index in [0.29, 0.717) is 6.61 Å². The van der Waals surface area contributed by atoms with Gasteiger partial charge in [-0.3, -0.25) is 0 Å².